The number of nitrogens with zero attached hydrogens (tertiary/aromatic N) is 1. The Morgan fingerprint density at radius 3 is 2.54 bits per heavy atom. The van der Waals surface area contributed by atoms with Crippen molar-refractivity contribution in [1.82, 2.24) is 9.62 Å². The standard InChI is InChI=1S/C20H26N2O4S2/c1-14-11-18(26-3)19(12-15(14)2)28(24,25)21-16-6-8-22(9-7-16)20(23)13-17-5-4-10-27-17/h4-5,10-12,16,21H,6-9,13H2,1-3H3. The van der Waals surface area contributed by atoms with E-state index in [0.717, 1.165) is 16.0 Å². The van der Waals surface area contributed by atoms with E-state index in [0.29, 0.717) is 38.1 Å². The molecule has 0 saturated carbocycles. The lowest BCUT2D eigenvalue weighted by atomic mass is 10.1. The summed E-state index contributed by atoms with van der Waals surface area (Å²) >= 11 is 1.58. The van der Waals surface area contributed by atoms with Crippen molar-refractivity contribution >= 4 is 27.3 Å². The van der Waals surface area contributed by atoms with Gasteiger partial charge in [-0.05, 0) is 61.4 Å². The SMILES string of the molecule is COc1cc(C)c(C)cc1S(=O)(=O)NC1CCN(C(=O)Cc2cccs2)CC1. The lowest BCUT2D eigenvalue weighted by Crippen LogP contribution is -2.46. The summed E-state index contributed by atoms with van der Waals surface area (Å²) in [5, 5.41) is 1.96. The predicted octanol–water partition coefficient (Wildman–Crippen LogP) is 2.89. The monoisotopic (exact) mass is 422 g/mol. The molecule has 0 spiro atoms. The second-order valence-electron chi connectivity index (χ2n) is 7.12. The van der Waals surface area contributed by atoms with E-state index in [-0.39, 0.29) is 16.8 Å². The van der Waals surface area contributed by atoms with Gasteiger partial charge >= 0.3 is 0 Å². The number of ether oxygens (including phenoxy) is 1. The summed E-state index contributed by atoms with van der Waals surface area (Å²) in [5.74, 6) is 0.443. The summed E-state index contributed by atoms with van der Waals surface area (Å²) < 4.78 is 33.9. The second-order valence-corrected chi connectivity index (χ2v) is 9.83. The van der Waals surface area contributed by atoms with Gasteiger partial charge in [-0.2, -0.15) is 0 Å². The summed E-state index contributed by atoms with van der Waals surface area (Å²) in [6.45, 7) is 4.92. The number of piperidine rings is 1. The van der Waals surface area contributed by atoms with Crippen molar-refractivity contribution < 1.29 is 17.9 Å². The average Bonchev–Trinajstić information content (AvgIpc) is 3.16. The number of hydrogen-bond donors (Lipinski definition) is 1. The number of aryl methyl sites for hydroxylation is 2. The maximum Gasteiger partial charge on any atom is 0.244 e. The highest BCUT2D eigenvalue weighted by atomic mass is 32.2. The summed E-state index contributed by atoms with van der Waals surface area (Å²) in [4.78, 5) is 15.4. The fourth-order valence-corrected chi connectivity index (χ4v) is 5.57. The maximum absolute atomic E-state index is 12.9. The van der Waals surface area contributed by atoms with E-state index in [9.17, 15) is 13.2 Å². The number of carbonyl (C=O) groups excluding carboxylic acids is 1. The topological polar surface area (TPSA) is 75.7 Å². The molecule has 1 fully saturated rings. The van der Waals surface area contributed by atoms with Gasteiger partial charge in [0.1, 0.15) is 10.6 Å². The Morgan fingerprint density at radius 2 is 1.93 bits per heavy atom. The third kappa shape index (κ3) is 4.74. The Morgan fingerprint density at radius 1 is 1.25 bits per heavy atom. The first-order chi connectivity index (χ1) is 13.3. The Labute approximate surface area is 170 Å². The molecule has 6 nitrogen and oxygen atoms in total. The Kier molecular flexibility index (Phi) is 6.42. The Hall–Kier alpha value is -1.90. The lowest BCUT2D eigenvalue weighted by Gasteiger charge is -2.32. The second kappa shape index (κ2) is 8.63. The summed E-state index contributed by atoms with van der Waals surface area (Å²) in [6.07, 6.45) is 1.61. The van der Waals surface area contributed by atoms with Gasteiger partial charge in [0.05, 0.1) is 13.5 Å². The van der Waals surface area contributed by atoms with Crippen LogP contribution >= 0.6 is 11.3 Å². The van der Waals surface area contributed by atoms with Crippen molar-refractivity contribution in [3.05, 3.63) is 45.6 Å². The number of methoxy groups -OCH3 is 1. The highest BCUT2D eigenvalue weighted by Crippen LogP contribution is 2.28. The van der Waals surface area contributed by atoms with E-state index in [4.69, 9.17) is 4.74 Å². The number of thiophene rings is 1. The molecule has 0 aliphatic carbocycles. The molecule has 1 aliphatic rings. The van der Waals surface area contributed by atoms with Crippen LogP contribution in [0.3, 0.4) is 0 Å². The molecule has 3 rings (SSSR count). The van der Waals surface area contributed by atoms with E-state index >= 15 is 0 Å². The first-order valence-corrected chi connectivity index (χ1v) is 11.6. The molecule has 1 aliphatic heterocycles. The molecule has 0 bridgehead atoms. The third-order valence-corrected chi connectivity index (χ3v) is 7.56. The number of rotatable bonds is 6. The predicted molar refractivity (Wildman–Crippen MR) is 110 cm³/mol. The summed E-state index contributed by atoms with van der Waals surface area (Å²) in [5.41, 5.74) is 1.88. The zero-order chi connectivity index (χ0) is 20.3. The van der Waals surface area contributed by atoms with Gasteiger partial charge in [0.15, 0.2) is 0 Å². The third-order valence-electron chi connectivity index (χ3n) is 5.14. The number of likely N-dealkylation sites (tertiary alicyclic amines) is 1. The minimum absolute atomic E-state index is 0.0968. The average molecular weight is 423 g/mol. The van der Waals surface area contributed by atoms with Gasteiger partial charge in [0, 0.05) is 24.0 Å². The zero-order valence-corrected chi connectivity index (χ0v) is 18.0. The zero-order valence-electron chi connectivity index (χ0n) is 16.4. The number of amides is 1. The van der Waals surface area contributed by atoms with Crippen molar-refractivity contribution in [2.45, 2.75) is 44.0 Å². The molecule has 0 radical (unpaired) electrons. The van der Waals surface area contributed by atoms with Crippen molar-refractivity contribution in [3.8, 4) is 5.75 Å². The number of nitrogens with one attached hydrogen (secondary N) is 1. The van der Waals surface area contributed by atoms with Crippen molar-refractivity contribution in [2.75, 3.05) is 20.2 Å². The molecule has 152 valence electrons. The normalized spacial score (nSPS) is 15.6. The molecule has 0 atom stereocenters. The molecule has 0 unspecified atom stereocenters. The van der Waals surface area contributed by atoms with Crippen LogP contribution in [0.2, 0.25) is 0 Å². The van der Waals surface area contributed by atoms with Gasteiger partial charge < -0.3 is 9.64 Å². The molecule has 8 heteroatoms. The minimum atomic E-state index is -3.70. The highest BCUT2D eigenvalue weighted by Gasteiger charge is 2.28. The van der Waals surface area contributed by atoms with Gasteiger partial charge in [0.25, 0.3) is 0 Å². The van der Waals surface area contributed by atoms with Gasteiger partial charge in [0.2, 0.25) is 15.9 Å². The minimum Gasteiger partial charge on any atom is -0.495 e. The van der Waals surface area contributed by atoms with Gasteiger partial charge in [-0.1, -0.05) is 6.07 Å². The maximum atomic E-state index is 12.9. The van der Waals surface area contributed by atoms with Crippen molar-refractivity contribution in [3.63, 3.8) is 0 Å². The van der Waals surface area contributed by atoms with Crippen LogP contribution in [0.5, 0.6) is 5.75 Å². The van der Waals surface area contributed by atoms with Crippen molar-refractivity contribution in [2.24, 2.45) is 0 Å². The van der Waals surface area contributed by atoms with E-state index < -0.39 is 10.0 Å². The smallest absolute Gasteiger partial charge is 0.244 e. The molecular formula is C20H26N2O4S2. The van der Waals surface area contributed by atoms with Gasteiger partial charge in [-0.15, -0.1) is 11.3 Å². The first kappa shape index (κ1) is 20.8. The lowest BCUT2D eigenvalue weighted by molar-refractivity contribution is -0.131. The molecule has 1 N–H and O–H groups in total. The molecule has 1 amide bonds. The molecular weight excluding hydrogens is 396 g/mol. The fourth-order valence-electron chi connectivity index (χ4n) is 3.34. The fraction of sp³-hybridized carbons (Fsp3) is 0.450. The van der Waals surface area contributed by atoms with Crippen LogP contribution in [0, 0.1) is 13.8 Å². The van der Waals surface area contributed by atoms with Crippen LogP contribution in [-0.2, 0) is 21.2 Å². The highest BCUT2D eigenvalue weighted by molar-refractivity contribution is 7.89. The summed E-state index contributed by atoms with van der Waals surface area (Å²) in [7, 11) is -2.22. The van der Waals surface area contributed by atoms with Crippen LogP contribution < -0.4 is 9.46 Å². The van der Waals surface area contributed by atoms with Crippen LogP contribution in [0.1, 0.15) is 28.8 Å². The Bertz CT molecular complexity index is 931. The Balaban J connectivity index is 1.62. The summed E-state index contributed by atoms with van der Waals surface area (Å²) in [6, 6.07) is 7.10. The largest absolute Gasteiger partial charge is 0.495 e. The molecule has 1 aromatic heterocycles. The van der Waals surface area contributed by atoms with Crippen LogP contribution in [0.25, 0.3) is 0 Å². The molecule has 1 aromatic carbocycles. The van der Waals surface area contributed by atoms with Gasteiger partial charge in [-0.3, -0.25) is 4.79 Å². The quantitative estimate of drug-likeness (QED) is 0.777. The van der Waals surface area contributed by atoms with E-state index in [1.54, 1.807) is 23.5 Å². The molecule has 2 aromatic rings. The molecule has 2 heterocycles. The number of benzene rings is 1. The van der Waals surface area contributed by atoms with Crippen LogP contribution in [-0.4, -0.2) is 45.5 Å². The van der Waals surface area contributed by atoms with E-state index in [1.807, 2.05) is 36.3 Å². The van der Waals surface area contributed by atoms with Gasteiger partial charge in [-0.25, -0.2) is 13.1 Å². The molecule has 1 saturated heterocycles. The number of hydrogen-bond acceptors (Lipinski definition) is 5. The van der Waals surface area contributed by atoms with E-state index in [1.165, 1.54) is 7.11 Å². The van der Waals surface area contributed by atoms with Crippen LogP contribution in [0.4, 0.5) is 0 Å². The first-order valence-electron chi connectivity index (χ1n) is 9.28. The van der Waals surface area contributed by atoms with E-state index in [2.05, 4.69) is 4.72 Å². The van der Waals surface area contributed by atoms with Crippen LogP contribution in [0.15, 0.2) is 34.5 Å². The number of carbonyl (C=O) groups is 1. The number of sulfonamides is 1. The molecule has 28 heavy (non-hydrogen) atoms. The van der Waals surface area contributed by atoms with Crippen molar-refractivity contribution in [1.29, 1.82) is 0 Å².